The number of aromatic nitrogens is 3. The molecule has 7 heteroatoms. The van der Waals surface area contributed by atoms with Gasteiger partial charge in [-0.2, -0.15) is 0 Å². The van der Waals surface area contributed by atoms with Crippen molar-refractivity contribution in [2.75, 3.05) is 7.11 Å². The first-order valence-electron chi connectivity index (χ1n) is 5.79. The Hall–Kier alpha value is -2.44. The molecule has 19 heavy (non-hydrogen) atoms. The van der Waals surface area contributed by atoms with E-state index in [2.05, 4.69) is 20.2 Å². The molecule has 2 rings (SSSR count). The van der Waals surface area contributed by atoms with Gasteiger partial charge in [-0.15, -0.1) is 5.10 Å². The van der Waals surface area contributed by atoms with Crippen molar-refractivity contribution in [3.63, 3.8) is 0 Å². The van der Waals surface area contributed by atoms with Gasteiger partial charge in [0.1, 0.15) is 5.52 Å². The molecule has 0 amide bonds. The number of oxime groups is 1. The van der Waals surface area contributed by atoms with Gasteiger partial charge < -0.3 is 9.94 Å². The Morgan fingerprint density at radius 2 is 2.21 bits per heavy atom. The van der Waals surface area contributed by atoms with Crippen molar-refractivity contribution in [2.24, 2.45) is 5.16 Å². The topological polar surface area (TPSA) is 89.6 Å². The van der Waals surface area contributed by atoms with Crippen LogP contribution in [0.4, 0.5) is 0 Å². The fourth-order valence-electron chi connectivity index (χ4n) is 1.72. The summed E-state index contributed by atoms with van der Waals surface area (Å²) in [5.41, 5.74) is 2.07. The second kappa shape index (κ2) is 5.94. The van der Waals surface area contributed by atoms with Crippen LogP contribution in [0.1, 0.15) is 12.8 Å². The minimum Gasteiger partial charge on any atom is -0.469 e. The normalized spacial score (nSPS) is 11.7. The summed E-state index contributed by atoms with van der Waals surface area (Å²) in [6.07, 6.45) is 0.486. The molecule has 7 nitrogen and oxygen atoms in total. The molecule has 1 heterocycles. The van der Waals surface area contributed by atoms with Gasteiger partial charge in [0.25, 0.3) is 0 Å². The molecule has 0 bridgehead atoms. The van der Waals surface area contributed by atoms with Crippen LogP contribution < -0.4 is 0 Å². The smallest absolute Gasteiger partial charge is 0.305 e. The van der Waals surface area contributed by atoms with E-state index in [1.54, 1.807) is 4.68 Å². The first-order chi connectivity index (χ1) is 9.24. The second-order valence-corrected chi connectivity index (χ2v) is 3.98. The molecule has 1 aromatic carbocycles. The number of para-hydroxylation sites is 1. The highest BCUT2D eigenvalue weighted by Gasteiger charge is 2.10. The molecule has 0 fully saturated rings. The fraction of sp³-hybridized carbons (Fsp3) is 0.333. The summed E-state index contributed by atoms with van der Waals surface area (Å²) in [5.74, 6) is -0.343. The number of esters is 1. The molecular formula is C12H14N4O3. The Morgan fingerprint density at radius 3 is 2.95 bits per heavy atom. The lowest BCUT2D eigenvalue weighted by Crippen LogP contribution is -2.14. The third-order valence-corrected chi connectivity index (χ3v) is 2.74. The lowest BCUT2D eigenvalue weighted by Gasteiger charge is -2.04. The number of carbonyl (C=O) groups excluding carboxylic acids is 1. The number of ether oxygens (including phenoxy) is 1. The summed E-state index contributed by atoms with van der Waals surface area (Å²) in [6, 6.07) is 7.49. The Morgan fingerprint density at radius 1 is 1.42 bits per heavy atom. The number of methoxy groups -OCH3 is 1. The Labute approximate surface area is 109 Å². The maximum atomic E-state index is 11.1. The predicted molar refractivity (Wildman–Crippen MR) is 68.0 cm³/mol. The third-order valence-electron chi connectivity index (χ3n) is 2.74. The van der Waals surface area contributed by atoms with Crippen LogP contribution in [0.2, 0.25) is 0 Å². The maximum absolute atomic E-state index is 11.1. The molecule has 2 aromatic rings. The number of fused-ring (bicyclic) bond motifs is 1. The average molecular weight is 262 g/mol. The van der Waals surface area contributed by atoms with E-state index in [9.17, 15) is 4.79 Å². The lowest BCUT2D eigenvalue weighted by molar-refractivity contribution is -0.140. The predicted octanol–water partition coefficient (Wildman–Crippen LogP) is 1.21. The zero-order valence-corrected chi connectivity index (χ0v) is 10.5. The molecule has 100 valence electrons. The van der Waals surface area contributed by atoms with Crippen LogP contribution >= 0.6 is 0 Å². The molecule has 0 aliphatic heterocycles. The minimum absolute atomic E-state index is 0.169. The zero-order valence-electron chi connectivity index (χ0n) is 10.5. The Kier molecular flexibility index (Phi) is 4.07. The molecular weight excluding hydrogens is 248 g/mol. The van der Waals surface area contributed by atoms with E-state index in [0.717, 1.165) is 11.0 Å². The van der Waals surface area contributed by atoms with Gasteiger partial charge in [-0.05, 0) is 12.1 Å². The fourth-order valence-corrected chi connectivity index (χ4v) is 1.72. The number of hydrogen-bond acceptors (Lipinski definition) is 6. The minimum atomic E-state index is -0.343. The standard InChI is InChI=1S/C12H14N4O3/c1-19-12(17)7-6-9(14-18)8-16-11-5-3-2-4-10(11)13-15-16/h2-5,18H,6-8H2,1H3/b14-9+. The third kappa shape index (κ3) is 3.06. The van der Waals surface area contributed by atoms with Gasteiger partial charge in [0.2, 0.25) is 0 Å². The van der Waals surface area contributed by atoms with E-state index in [4.69, 9.17) is 5.21 Å². The quantitative estimate of drug-likeness (QED) is 0.378. The Bertz CT molecular complexity index is 606. The van der Waals surface area contributed by atoms with Crippen LogP contribution in [0, 0.1) is 0 Å². The highest BCUT2D eigenvalue weighted by Crippen LogP contribution is 2.10. The van der Waals surface area contributed by atoms with Gasteiger partial charge in [-0.3, -0.25) is 4.79 Å². The van der Waals surface area contributed by atoms with Gasteiger partial charge in [0.15, 0.2) is 0 Å². The molecule has 0 saturated heterocycles. The molecule has 0 spiro atoms. The average Bonchev–Trinajstić information content (AvgIpc) is 2.86. The number of hydrogen-bond donors (Lipinski definition) is 1. The van der Waals surface area contributed by atoms with E-state index in [1.165, 1.54) is 7.11 Å². The van der Waals surface area contributed by atoms with E-state index in [0.29, 0.717) is 12.1 Å². The summed E-state index contributed by atoms with van der Waals surface area (Å²) < 4.78 is 6.17. The van der Waals surface area contributed by atoms with Gasteiger partial charge in [-0.25, -0.2) is 4.68 Å². The van der Waals surface area contributed by atoms with Crippen molar-refractivity contribution in [3.05, 3.63) is 24.3 Å². The SMILES string of the molecule is COC(=O)CC/C(Cn1nnc2ccccc21)=N\O. The van der Waals surface area contributed by atoms with Crippen molar-refractivity contribution in [1.29, 1.82) is 0 Å². The van der Waals surface area contributed by atoms with Crippen LogP contribution in [-0.4, -0.2) is 39.0 Å². The molecule has 0 unspecified atom stereocenters. The lowest BCUT2D eigenvalue weighted by atomic mass is 10.2. The van der Waals surface area contributed by atoms with E-state index < -0.39 is 0 Å². The molecule has 0 aliphatic carbocycles. The first-order valence-corrected chi connectivity index (χ1v) is 5.79. The van der Waals surface area contributed by atoms with Crippen molar-refractivity contribution < 1.29 is 14.7 Å². The van der Waals surface area contributed by atoms with Crippen LogP contribution in [-0.2, 0) is 16.1 Å². The highest BCUT2D eigenvalue weighted by atomic mass is 16.5. The maximum Gasteiger partial charge on any atom is 0.305 e. The first kappa shape index (κ1) is 13.0. The van der Waals surface area contributed by atoms with E-state index >= 15 is 0 Å². The summed E-state index contributed by atoms with van der Waals surface area (Å²) in [6.45, 7) is 0.286. The largest absolute Gasteiger partial charge is 0.469 e. The zero-order chi connectivity index (χ0) is 13.7. The van der Waals surface area contributed by atoms with Gasteiger partial charge >= 0.3 is 5.97 Å². The van der Waals surface area contributed by atoms with E-state index in [-0.39, 0.29) is 18.9 Å². The van der Waals surface area contributed by atoms with Crippen molar-refractivity contribution in [2.45, 2.75) is 19.4 Å². The monoisotopic (exact) mass is 262 g/mol. The Balaban J connectivity index is 2.08. The molecule has 0 saturated carbocycles. The summed E-state index contributed by atoms with van der Waals surface area (Å²) in [5, 5.41) is 20.1. The van der Waals surface area contributed by atoms with E-state index in [1.807, 2.05) is 24.3 Å². The van der Waals surface area contributed by atoms with Gasteiger partial charge in [0.05, 0.1) is 31.3 Å². The van der Waals surface area contributed by atoms with Crippen LogP contribution in [0.25, 0.3) is 11.0 Å². The van der Waals surface area contributed by atoms with Crippen LogP contribution in [0.3, 0.4) is 0 Å². The summed E-state index contributed by atoms with van der Waals surface area (Å²) >= 11 is 0. The van der Waals surface area contributed by atoms with Gasteiger partial charge in [0, 0.05) is 6.42 Å². The molecule has 0 radical (unpaired) electrons. The van der Waals surface area contributed by atoms with Crippen LogP contribution in [0.5, 0.6) is 0 Å². The van der Waals surface area contributed by atoms with Crippen molar-refractivity contribution in [3.8, 4) is 0 Å². The van der Waals surface area contributed by atoms with Crippen molar-refractivity contribution in [1.82, 2.24) is 15.0 Å². The van der Waals surface area contributed by atoms with Gasteiger partial charge in [-0.1, -0.05) is 22.5 Å². The van der Waals surface area contributed by atoms with Crippen molar-refractivity contribution >= 4 is 22.7 Å². The summed E-state index contributed by atoms with van der Waals surface area (Å²) in [7, 11) is 1.32. The second-order valence-electron chi connectivity index (χ2n) is 3.98. The molecule has 1 aromatic heterocycles. The van der Waals surface area contributed by atoms with Crippen LogP contribution in [0.15, 0.2) is 29.4 Å². The summed E-state index contributed by atoms with van der Waals surface area (Å²) in [4.78, 5) is 11.1. The molecule has 0 aliphatic rings. The molecule has 1 N–H and O–H groups in total. The molecule has 0 atom stereocenters. The number of carbonyl (C=O) groups is 1. The number of nitrogens with zero attached hydrogens (tertiary/aromatic N) is 4. The highest BCUT2D eigenvalue weighted by molar-refractivity contribution is 5.88. The number of rotatable bonds is 5. The number of benzene rings is 1.